The molecule has 0 aliphatic heterocycles. The summed E-state index contributed by atoms with van der Waals surface area (Å²) in [5, 5.41) is 0. The van der Waals surface area contributed by atoms with Crippen LogP contribution in [0, 0.1) is 6.92 Å². The Balaban J connectivity index is 2.53. The highest BCUT2D eigenvalue weighted by molar-refractivity contribution is 8.04. The van der Waals surface area contributed by atoms with Crippen LogP contribution >= 0.6 is 12.0 Å². The maximum absolute atomic E-state index is 11.8. The first-order chi connectivity index (χ1) is 8.21. The fourth-order valence-electron chi connectivity index (χ4n) is 1.19. The molecule has 0 heterocycles. The lowest BCUT2D eigenvalue weighted by atomic mass is 10.2. The fraction of sp³-hybridized carbons (Fsp3) is 0.500. The van der Waals surface area contributed by atoms with Crippen LogP contribution in [0.25, 0.3) is 0 Å². The minimum absolute atomic E-state index is 0.216. The van der Waals surface area contributed by atoms with Crippen molar-refractivity contribution in [3.8, 4) is 0 Å². The van der Waals surface area contributed by atoms with Crippen LogP contribution in [0.2, 0.25) is 25.7 Å². The Morgan fingerprint density at radius 2 is 1.72 bits per heavy atom. The summed E-state index contributed by atoms with van der Waals surface area (Å²) in [6, 6.07) is 7.72. The van der Waals surface area contributed by atoms with Crippen molar-refractivity contribution in [2.45, 2.75) is 37.5 Å². The molecule has 0 fully saturated rings. The summed E-state index contributed by atoms with van der Waals surface area (Å²) in [4.78, 5) is 0.216. The molecule has 18 heavy (non-hydrogen) atoms. The predicted molar refractivity (Wildman–Crippen MR) is 80.1 cm³/mol. The molecule has 0 aliphatic rings. The molecule has 1 rings (SSSR count). The topological polar surface area (TPSA) is 43.4 Å². The van der Waals surface area contributed by atoms with Gasteiger partial charge in [-0.25, -0.2) is 0 Å². The second kappa shape index (κ2) is 6.23. The minimum Gasteiger partial charge on any atom is -0.194 e. The van der Waals surface area contributed by atoms with Gasteiger partial charge in [0, 0.05) is 25.9 Å². The SMILES string of the molecule is Cc1ccc(S(=O)(=O)OSCC[Si](C)(C)C)cc1. The quantitative estimate of drug-likeness (QED) is 0.457. The lowest BCUT2D eigenvalue weighted by Gasteiger charge is -2.14. The molecule has 0 aliphatic carbocycles. The summed E-state index contributed by atoms with van der Waals surface area (Å²) in [7, 11) is -4.75. The normalized spacial score (nSPS) is 12.7. The van der Waals surface area contributed by atoms with Gasteiger partial charge in [0.15, 0.2) is 0 Å². The molecule has 0 spiro atoms. The summed E-state index contributed by atoms with van der Waals surface area (Å²) < 4.78 is 28.6. The van der Waals surface area contributed by atoms with Gasteiger partial charge in [-0.2, -0.15) is 12.0 Å². The summed E-state index contributed by atoms with van der Waals surface area (Å²) >= 11 is 1.03. The van der Waals surface area contributed by atoms with Gasteiger partial charge in [0.2, 0.25) is 0 Å². The maximum atomic E-state index is 11.8. The average Bonchev–Trinajstić information content (AvgIpc) is 2.24. The van der Waals surface area contributed by atoms with Gasteiger partial charge in [-0.15, -0.1) is 0 Å². The first-order valence-corrected chi connectivity index (χ1v) is 11.9. The minimum atomic E-state index is -3.62. The molecule has 102 valence electrons. The molecule has 0 aromatic heterocycles. The standard InChI is InChI=1S/C12H20O3S2Si/c1-11-5-7-12(8-6-11)17(13,14)15-16-9-10-18(2,3)4/h5-8H,9-10H2,1-4H3. The van der Waals surface area contributed by atoms with E-state index in [4.69, 9.17) is 3.63 Å². The molecule has 0 radical (unpaired) electrons. The number of rotatable bonds is 6. The molecule has 0 atom stereocenters. The van der Waals surface area contributed by atoms with Crippen LogP contribution in [-0.4, -0.2) is 22.2 Å². The van der Waals surface area contributed by atoms with Gasteiger partial charge >= 0.3 is 10.1 Å². The van der Waals surface area contributed by atoms with Gasteiger partial charge in [0.25, 0.3) is 0 Å². The van der Waals surface area contributed by atoms with E-state index in [0.29, 0.717) is 0 Å². The van der Waals surface area contributed by atoms with Crippen LogP contribution in [0.1, 0.15) is 5.56 Å². The third-order valence-electron chi connectivity index (χ3n) is 2.38. The Bertz CT molecular complexity index is 475. The van der Waals surface area contributed by atoms with Crippen LogP contribution in [0.3, 0.4) is 0 Å². The molecule has 3 nitrogen and oxygen atoms in total. The molecule has 1 aromatic carbocycles. The van der Waals surface area contributed by atoms with E-state index in [1.54, 1.807) is 24.3 Å². The highest BCUT2D eigenvalue weighted by Crippen LogP contribution is 2.21. The molecular weight excluding hydrogens is 284 g/mol. The first kappa shape index (κ1) is 15.8. The summed E-state index contributed by atoms with van der Waals surface area (Å²) in [6.07, 6.45) is 0. The van der Waals surface area contributed by atoms with Gasteiger partial charge in [0.1, 0.15) is 0 Å². The number of benzene rings is 1. The second-order valence-electron chi connectivity index (χ2n) is 5.47. The number of hydrogen-bond acceptors (Lipinski definition) is 4. The Hall–Kier alpha value is -0.303. The van der Waals surface area contributed by atoms with Gasteiger partial charge in [0.05, 0.1) is 4.90 Å². The predicted octanol–water partition coefficient (Wildman–Crippen LogP) is 3.69. The summed E-state index contributed by atoms with van der Waals surface area (Å²) in [6.45, 7) is 8.67. The van der Waals surface area contributed by atoms with E-state index >= 15 is 0 Å². The van der Waals surface area contributed by atoms with Crippen LogP contribution in [0.5, 0.6) is 0 Å². The molecule has 0 saturated heterocycles. The van der Waals surface area contributed by atoms with Gasteiger partial charge < -0.3 is 0 Å². The average molecular weight is 305 g/mol. The van der Waals surface area contributed by atoms with Gasteiger partial charge in [-0.05, 0) is 25.1 Å². The molecule has 1 aromatic rings. The zero-order valence-corrected chi connectivity index (χ0v) is 13.9. The summed E-state index contributed by atoms with van der Waals surface area (Å²) in [5.41, 5.74) is 1.03. The third-order valence-corrected chi connectivity index (χ3v) is 6.82. The molecule has 0 amide bonds. The fourth-order valence-corrected chi connectivity index (χ4v) is 5.53. The van der Waals surface area contributed by atoms with Crippen molar-refractivity contribution in [2.75, 3.05) is 5.75 Å². The maximum Gasteiger partial charge on any atom is 0.307 e. The zero-order chi connectivity index (χ0) is 13.8. The van der Waals surface area contributed by atoms with E-state index in [1.165, 1.54) is 0 Å². The van der Waals surface area contributed by atoms with Crippen molar-refractivity contribution in [1.82, 2.24) is 0 Å². The van der Waals surface area contributed by atoms with Gasteiger partial charge in [-0.1, -0.05) is 37.3 Å². The van der Waals surface area contributed by atoms with Crippen molar-refractivity contribution in [2.24, 2.45) is 0 Å². The summed E-state index contributed by atoms with van der Waals surface area (Å²) in [5.74, 6) is 0.723. The number of aryl methyl sites for hydroxylation is 1. The first-order valence-electron chi connectivity index (χ1n) is 5.83. The smallest absolute Gasteiger partial charge is 0.194 e. The molecule has 0 N–H and O–H groups in total. The van der Waals surface area contributed by atoms with Crippen molar-refractivity contribution < 1.29 is 12.0 Å². The third kappa shape index (κ3) is 5.56. The molecular formula is C12H20O3S2Si. The van der Waals surface area contributed by atoms with E-state index < -0.39 is 18.2 Å². The van der Waals surface area contributed by atoms with Crippen molar-refractivity contribution >= 4 is 30.2 Å². The highest BCUT2D eigenvalue weighted by atomic mass is 32.3. The highest BCUT2D eigenvalue weighted by Gasteiger charge is 2.17. The van der Waals surface area contributed by atoms with Gasteiger partial charge in [-0.3, -0.25) is 0 Å². The largest absolute Gasteiger partial charge is 0.307 e. The van der Waals surface area contributed by atoms with Crippen molar-refractivity contribution in [3.63, 3.8) is 0 Å². The van der Waals surface area contributed by atoms with Crippen molar-refractivity contribution in [1.29, 1.82) is 0 Å². The van der Waals surface area contributed by atoms with Crippen molar-refractivity contribution in [3.05, 3.63) is 29.8 Å². The Labute approximate surface area is 115 Å². The Morgan fingerprint density at radius 3 is 2.22 bits per heavy atom. The Morgan fingerprint density at radius 1 is 1.17 bits per heavy atom. The monoisotopic (exact) mass is 304 g/mol. The zero-order valence-electron chi connectivity index (χ0n) is 11.3. The lowest BCUT2D eigenvalue weighted by molar-refractivity contribution is 0.518. The van der Waals surface area contributed by atoms with Crippen LogP contribution in [-0.2, 0) is 13.7 Å². The number of hydrogen-bond donors (Lipinski definition) is 0. The molecule has 0 unspecified atom stereocenters. The Kier molecular flexibility index (Phi) is 5.45. The molecule has 6 heteroatoms. The molecule has 0 saturated carbocycles. The van der Waals surface area contributed by atoms with E-state index in [1.807, 2.05) is 6.92 Å². The van der Waals surface area contributed by atoms with E-state index in [0.717, 1.165) is 29.4 Å². The molecule has 0 bridgehead atoms. The second-order valence-corrected chi connectivity index (χ2v) is 13.7. The van der Waals surface area contributed by atoms with Crippen LogP contribution in [0.15, 0.2) is 29.2 Å². The van der Waals surface area contributed by atoms with E-state index in [9.17, 15) is 8.42 Å². The van der Waals surface area contributed by atoms with E-state index in [-0.39, 0.29) is 4.90 Å². The van der Waals surface area contributed by atoms with Crippen LogP contribution < -0.4 is 0 Å². The van der Waals surface area contributed by atoms with Crippen LogP contribution in [0.4, 0.5) is 0 Å². The lowest BCUT2D eigenvalue weighted by Crippen LogP contribution is -2.20. The van der Waals surface area contributed by atoms with E-state index in [2.05, 4.69) is 19.6 Å².